The molecule has 0 fully saturated rings. The Hall–Kier alpha value is -2.26. The van der Waals surface area contributed by atoms with Gasteiger partial charge in [-0.3, -0.25) is 0 Å². The zero-order chi connectivity index (χ0) is 21.9. The van der Waals surface area contributed by atoms with Crippen molar-refractivity contribution < 1.29 is 36.2 Å². The molecule has 0 aliphatic carbocycles. The van der Waals surface area contributed by atoms with Crippen molar-refractivity contribution in [2.75, 3.05) is 13.2 Å². The summed E-state index contributed by atoms with van der Waals surface area (Å²) in [6.07, 6.45) is -11.8. The van der Waals surface area contributed by atoms with Crippen molar-refractivity contribution in [1.82, 2.24) is 5.32 Å². The minimum Gasteiger partial charge on any atom is -0.492 e. The minimum absolute atomic E-state index is 0.0648. The highest BCUT2D eigenvalue weighted by atomic mass is 19.4. The van der Waals surface area contributed by atoms with Gasteiger partial charge in [0.1, 0.15) is 12.4 Å². The number of alkyl halides is 6. The maximum absolute atomic E-state index is 13.1. The fourth-order valence-corrected chi connectivity index (χ4v) is 2.93. The molecule has 0 aromatic heterocycles. The maximum atomic E-state index is 13.1. The van der Waals surface area contributed by atoms with Crippen LogP contribution in [0.15, 0.2) is 42.5 Å². The van der Waals surface area contributed by atoms with Crippen LogP contribution in [0.2, 0.25) is 0 Å². The number of hydrogen-bond acceptors (Lipinski definition) is 3. The number of aryl methyl sites for hydroxylation is 2. The molecule has 2 rings (SSSR count). The molecule has 0 aliphatic heterocycles. The van der Waals surface area contributed by atoms with Crippen LogP contribution in [0, 0.1) is 13.8 Å². The normalized spacial score (nSPS) is 12.9. The van der Waals surface area contributed by atoms with E-state index in [0.717, 1.165) is 5.56 Å². The van der Waals surface area contributed by atoms with Gasteiger partial charge in [-0.05, 0) is 42.7 Å². The van der Waals surface area contributed by atoms with E-state index in [-0.39, 0.29) is 23.5 Å². The average molecular weight is 421 g/mol. The Morgan fingerprint density at radius 3 is 1.90 bits per heavy atom. The first kappa shape index (κ1) is 23.0. The van der Waals surface area contributed by atoms with Gasteiger partial charge in [-0.2, -0.15) is 26.3 Å². The van der Waals surface area contributed by atoms with Gasteiger partial charge in [0.15, 0.2) is 0 Å². The first-order chi connectivity index (χ1) is 13.4. The summed E-state index contributed by atoms with van der Waals surface area (Å²) in [6.45, 7) is 3.83. The van der Waals surface area contributed by atoms with Gasteiger partial charge >= 0.3 is 12.4 Å². The highest BCUT2D eigenvalue weighted by Crippen LogP contribution is 2.50. The number of hydrogen-bond donors (Lipinski definition) is 2. The number of benzene rings is 2. The molecule has 0 spiro atoms. The molecule has 0 aliphatic rings. The lowest BCUT2D eigenvalue weighted by atomic mass is 9.89. The van der Waals surface area contributed by atoms with E-state index < -0.39 is 23.5 Å². The summed E-state index contributed by atoms with van der Waals surface area (Å²) in [5.74, 6) is 0.182. The first-order valence-electron chi connectivity index (χ1n) is 8.73. The van der Waals surface area contributed by atoms with Crippen LogP contribution in [0.4, 0.5) is 26.3 Å². The van der Waals surface area contributed by atoms with Crippen molar-refractivity contribution in [3.63, 3.8) is 0 Å². The van der Waals surface area contributed by atoms with Gasteiger partial charge in [-0.1, -0.05) is 30.3 Å². The summed E-state index contributed by atoms with van der Waals surface area (Å²) in [4.78, 5) is 0. The van der Waals surface area contributed by atoms with Crippen LogP contribution in [0.25, 0.3) is 0 Å². The van der Waals surface area contributed by atoms with Gasteiger partial charge in [0.05, 0.1) is 0 Å². The Balaban J connectivity index is 2.10. The molecule has 0 saturated carbocycles. The van der Waals surface area contributed by atoms with Crippen molar-refractivity contribution >= 4 is 0 Å². The predicted molar refractivity (Wildman–Crippen MR) is 95.6 cm³/mol. The van der Waals surface area contributed by atoms with Crippen LogP contribution < -0.4 is 10.1 Å². The van der Waals surface area contributed by atoms with E-state index in [4.69, 9.17) is 4.74 Å². The van der Waals surface area contributed by atoms with Crippen molar-refractivity contribution in [3.8, 4) is 5.75 Å². The largest absolute Gasteiger partial charge is 0.492 e. The molecule has 2 aromatic rings. The molecule has 3 nitrogen and oxygen atoms in total. The second kappa shape index (κ2) is 8.62. The average Bonchev–Trinajstić information content (AvgIpc) is 2.61. The van der Waals surface area contributed by atoms with Crippen molar-refractivity contribution in [2.24, 2.45) is 0 Å². The van der Waals surface area contributed by atoms with Gasteiger partial charge in [-0.15, -0.1) is 0 Å². The molecule has 0 radical (unpaired) electrons. The molecule has 0 heterocycles. The zero-order valence-electron chi connectivity index (χ0n) is 15.8. The van der Waals surface area contributed by atoms with Gasteiger partial charge in [0, 0.05) is 18.7 Å². The number of rotatable bonds is 7. The third-order valence-electron chi connectivity index (χ3n) is 4.40. The number of ether oxygens (including phenoxy) is 1. The fraction of sp³-hybridized carbons (Fsp3) is 0.400. The second-order valence-corrected chi connectivity index (χ2v) is 6.66. The summed E-state index contributed by atoms with van der Waals surface area (Å²) in [7, 11) is 0. The van der Waals surface area contributed by atoms with E-state index in [1.165, 1.54) is 13.8 Å². The van der Waals surface area contributed by atoms with Crippen LogP contribution >= 0.6 is 0 Å². The Bertz CT molecular complexity index is 781. The monoisotopic (exact) mass is 421 g/mol. The summed E-state index contributed by atoms with van der Waals surface area (Å²) >= 11 is 0. The highest BCUT2D eigenvalue weighted by molar-refractivity contribution is 5.46. The fourth-order valence-electron chi connectivity index (χ4n) is 2.93. The number of aliphatic hydroxyl groups is 1. The predicted octanol–water partition coefficient (Wildman–Crippen LogP) is 4.78. The summed E-state index contributed by atoms with van der Waals surface area (Å²) in [5.41, 5.74) is -5.06. The van der Waals surface area contributed by atoms with Gasteiger partial charge < -0.3 is 15.2 Å². The topological polar surface area (TPSA) is 41.5 Å². The summed E-state index contributed by atoms with van der Waals surface area (Å²) in [5, 5.41) is 12.7. The van der Waals surface area contributed by atoms with Crippen LogP contribution in [0.3, 0.4) is 0 Å². The Morgan fingerprint density at radius 1 is 0.897 bits per heavy atom. The van der Waals surface area contributed by atoms with Crippen LogP contribution in [-0.4, -0.2) is 30.6 Å². The quantitative estimate of drug-likeness (QED) is 0.499. The molecular weight excluding hydrogens is 400 g/mol. The SMILES string of the molecule is Cc1cc(C(O)(C(F)(F)F)C(F)(F)F)cc(C)c1OCCNCc1ccccc1. The Kier molecular flexibility index (Phi) is 6.85. The van der Waals surface area contributed by atoms with E-state index >= 15 is 0 Å². The standard InChI is InChI=1S/C20H21F6NO2/c1-13-10-16(18(28,19(21,22)23)20(24,25)26)11-14(2)17(13)29-9-8-27-12-15-6-4-3-5-7-15/h3-7,10-11,27-28H,8-9,12H2,1-2H3. The van der Waals surface area contributed by atoms with E-state index in [0.29, 0.717) is 25.2 Å². The van der Waals surface area contributed by atoms with Crippen molar-refractivity contribution in [3.05, 3.63) is 64.7 Å². The van der Waals surface area contributed by atoms with Crippen LogP contribution in [-0.2, 0) is 12.1 Å². The van der Waals surface area contributed by atoms with Gasteiger partial charge in [0.25, 0.3) is 5.60 Å². The van der Waals surface area contributed by atoms with E-state index in [1.54, 1.807) is 0 Å². The van der Waals surface area contributed by atoms with Crippen molar-refractivity contribution in [2.45, 2.75) is 38.3 Å². The maximum Gasteiger partial charge on any atom is 0.430 e. The Labute approximate surface area is 164 Å². The third kappa shape index (κ3) is 5.02. The van der Waals surface area contributed by atoms with Gasteiger partial charge in [0.2, 0.25) is 0 Å². The molecular formula is C20H21F6NO2. The molecule has 0 saturated heterocycles. The third-order valence-corrected chi connectivity index (χ3v) is 4.40. The van der Waals surface area contributed by atoms with E-state index in [9.17, 15) is 31.4 Å². The van der Waals surface area contributed by atoms with E-state index in [1.807, 2.05) is 30.3 Å². The molecule has 29 heavy (non-hydrogen) atoms. The summed E-state index contributed by atoms with van der Waals surface area (Å²) < 4.78 is 83.9. The molecule has 0 unspecified atom stereocenters. The zero-order valence-corrected chi connectivity index (χ0v) is 15.8. The van der Waals surface area contributed by atoms with Crippen molar-refractivity contribution in [1.29, 1.82) is 0 Å². The smallest absolute Gasteiger partial charge is 0.430 e. The molecule has 2 aromatic carbocycles. The molecule has 9 heteroatoms. The lowest BCUT2D eigenvalue weighted by molar-refractivity contribution is -0.376. The highest BCUT2D eigenvalue weighted by Gasteiger charge is 2.71. The van der Waals surface area contributed by atoms with E-state index in [2.05, 4.69) is 5.32 Å². The lowest BCUT2D eigenvalue weighted by Crippen LogP contribution is -2.54. The number of halogens is 6. The van der Waals surface area contributed by atoms with Crippen LogP contribution in [0.5, 0.6) is 5.75 Å². The summed E-state index contributed by atoms with van der Waals surface area (Å²) in [6, 6.07) is 10.9. The Morgan fingerprint density at radius 2 is 1.41 bits per heavy atom. The first-order valence-corrected chi connectivity index (χ1v) is 8.73. The minimum atomic E-state index is -5.92. The molecule has 160 valence electrons. The second-order valence-electron chi connectivity index (χ2n) is 6.66. The van der Waals surface area contributed by atoms with Gasteiger partial charge in [-0.25, -0.2) is 0 Å². The molecule has 0 bridgehead atoms. The van der Waals surface area contributed by atoms with Crippen LogP contribution in [0.1, 0.15) is 22.3 Å². The molecule has 0 atom stereocenters. The molecule has 0 amide bonds. The molecule has 2 N–H and O–H groups in total. The lowest BCUT2D eigenvalue weighted by Gasteiger charge is -2.33. The number of nitrogens with one attached hydrogen (secondary N) is 1.